The number of rotatable bonds is 4. The van der Waals surface area contributed by atoms with Crippen LogP contribution in [0.2, 0.25) is 0 Å². The van der Waals surface area contributed by atoms with Gasteiger partial charge >= 0.3 is 0 Å². The summed E-state index contributed by atoms with van der Waals surface area (Å²) in [6, 6.07) is 5.87. The molecule has 2 rings (SSSR count). The smallest absolute Gasteiger partial charge is 0.174 e. The molecule has 0 bridgehead atoms. The van der Waals surface area contributed by atoms with Crippen LogP contribution in [0.1, 0.15) is 16.1 Å². The van der Waals surface area contributed by atoms with Crippen molar-refractivity contribution < 1.29 is 9.84 Å². The zero-order chi connectivity index (χ0) is 14.4. The molecule has 6 heteroatoms. The van der Waals surface area contributed by atoms with Gasteiger partial charge in [0.2, 0.25) is 0 Å². The Kier molecular flexibility index (Phi) is 5.41. The number of aromatic nitrogens is 2. The molecule has 0 atom stereocenters. The van der Waals surface area contributed by atoms with Crippen LogP contribution in [0.15, 0.2) is 22.5 Å². The molecule has 0 aliphatic carbocycles. The third kappa shape index (κ3) is 3.97. The minimum absolute atomic E-state index is 0.161. The molecule has 104 valence electrons. The fraction of sp³-hybridized carbons (Fsp3) is 0.286. The average molecular weight is 306 g/mol. The van der Waals surface area contributed by atoms with Gasteiger partial charge in [-0.2, -0.15) is 0 Å². The number of ether oxygens (including phenoxy) is 1. The number of methoxy groups -OCH3 is 1. The summed E-state index contributed by atoms with van der Waals surface area (Å²) in [6.07, 6.45) is 0. The van der Waals surface area contributed by atoms with Gasteiger partial charge in [-0.05, 0) is 24.6 Å². The lowest BCUT2D eigenvalue weighted by Gasteiger charge is -2.05. The van der Waals surface area contributed by atoms with Gasteiger partial charge in [0.25, 0.3) is 0 Å². The number of aryl methyl sites for hydroxylation is 1. The van der Waals surface area contributed by atoms with Gasteiger partial charge in [-0.3, -0.25) is 0 Å². The van der Waals surface area contributed by atoms with Gasteiger partial charge in [0.1, 0.15) is 17.4 Å². The molecule has 0 amide bonds. The predicted molar refractivity (Wildman–Crippen MR) is 81.2 cm³/mol. The highest BCUT2D eigenvalue weighted by atomic mass is 32.2. The molecule has 0 saturated carbocycles. The third-order valence-corrected chi connectivity index (χ3v) is 4.48. The Balaban J connectivity index is 2.12. The maximum atomic E-state index is 8.78. The molecular formula is C14H14N2O2S2. The highest BCUT2D eigenvalue weighted by molar-refractivity contribution is 8.00. The van der Waals surface area contributed by atoms with Crippen LogP contribution in [0.4, 0.5) is 0 Å². The number of benzene rings is 1. The molecule has 4 nitrogen and oxygen atoms in total. The predicted octanol–water partition coefficient (Wildman–Crippen LogP) is 2.49. The van der Waals surface area contributed by atoms with E-state index in [-0.39, 0.29) is 6.61 Å². The summed E-state index contributed by atoms with van der Waals surface area (Å²) in [4.78, 5) is 0. The number of hydrogen-bond acceptors (Lipinski definition) is 6. The summed E-state index contributed by atoms with van der Waals surface area (Å²) in [5.74, 6) is 7.05. The van der Waals surface area contributed by atoms with E-state index in [0.29, 0.717) is 5.75 Å². The minimum Gasteiger partial charge on any atom is -0.495 e. The van der Waals surface area contributed by atoms with E-state index >= 15 is 0 Å². The van der Waals surface area contributed by atoms with E-state index in [1.807, 2.05) is 25.1 Å². The molecule has 1 heterocycles. The van der Waals surface area contributed by atoms with Crippen LogP contribution in [-0.2, 0) is 5.75 Å². The first-order valence-corrected chi connectivity index (χ1v) is 7.72. The monoisotopic (exact) mass is 306 g/mol. The van der Waals surface area contributed by atoms with E-state index in [4.69, 9.17) is 9.84 Å². The molecule has 20 heavy (non-hydrogen) atoms. The van der Waals surface area contributed by atoms with Gasteiger partial charge in [0.05, 0.1) is 12.7 Å². The van der Waals surface area contributed by atoms with Gasteiger partial charge in [0, 0.05) is 5.75 Å². The van der Waals surface area contributed by atoms with Crippen molar-refractivity contribution in [2.45, 2.75) is 17.0 Å². The second kappa shape index (κ2) is 7.29. The first kappa shape index (κ1) is 14.9. The Morgan fingerprint density at radius 2 is 2.25 bits per heavy atom. The first-order chi connectivity index (χ1) is 9.72. The summed E-state index contributed by atoms with van der Waals surface area (Å²) in [6.45, 7) is 1.78. The minimum atomic E-state index is -0.161. The Labute approximate surface area is 126 Å². The molecule has 0 spiro atoms. The van der Waals surface area contributed by atoms with Crippen LogP contribution < -0.4 is 4.74 Å². The fourth-order valence-electron chi connectivity index (χ4n) is 1.56. The summed E-state index contributed by atoms with van der Waals surface area (Å²) in [5.41, 5.74) is 1.92. The van der Waals surface area contributed by atoms with E-state index < -0.39 is 0 Å². The Bertz CT molecular complexity index is 644. The number of thioether (sulfide) groups is 1. The lowest BCUT2D eigenvalue weighted by Crippen LogP contribution is -1.90. The topological polar surface area (TPSA) is 55.2 Å². The number of aliphatic hydroxyl groups is 1. The normalized spacial score (nSPS) is 9.95. The van der Waals surface area contributed by atoms with Crippen LogP contribution in [0, 0.1) is 18.8 Å². The molecule has 1 aromatic heterocycles. The second-order valence-corrected chi connectivity index (χ2v) is 6.27. The van der Waals surface area contributed by atoms with Gasteiger partial charge in [-0.25, -0.2) is 0 Å². The quantitative estimate of drug-likeness (QED) is 0.695. The van der Waals surface area contributed by atoms with Crippen molar-refractivity contribution >= 4 is 23.1 Å². The standard InChI is InChI=1S/C14H14N2O2S2/c1-10-15-16-14(20-10)19-9-11-5-6-13(18-2)12(8-11)4-3-7-17/h5-6,8,17H,7,9H2,1-2H3. The zero-order valence-electron chi connectivity index (χ0n) is 11.2. The number of hydrogen-bond donors (Lipinski definition) is 1. The van der Waals surface area contributed by atoms with Crippen molar-refractivity contribution in [3.63, 3.8) is 0 Å². The van der Waals surface area contributed by atoms with Gasteiger partial charge < -0.3 is 9.84 Å². The van der Waals surface area contributed by atoms with Crippen LogP contribution in [0.3, 0.4) is 0 Å². The van der Waals surface area contributed by atoms with Gasteiger partial charge in [-0.1, -0.05) is 41.0 Å². The number of aliphatic hydroxyl groups excluding tert-OH is 1. The molecular weight excluding hydrogens is 292 g/mol. The molecule has 0 radical (unpaired) electrons. The third-order valence-electron chi connectivity index (χ3n) is 2.44. The zero-order valence-corrected chi connectivity index (χ0v) is 12.8. The van der Waals surface area contributed by atoms with E-state index in [9.17, 15) is 0 Å². The van der Waals surface area contributed by atoms with Crippen molar-refractivity contribution in [3.05, 3.63) is 34.3 Å². The Hall–Kier alpha value is -1.55. The van der Waals surface area contributed by atoms with Crippen LogP contribution in [-0.4, -0.2) is 29.0 Å². The first-order valence-electron chi connectivity index (χ1n) is 5.92. The average Bonchev–Trinajstić information content (AvgIpc) is 2.88. The SMILES string of the molecule is COc1ccc(CSc2nnc(C)s2)cc1C#CCO. The molecule has 1 N–H and O–H groups in total. The van der Waals surface area contributed by atoms with E-state index in [0.717, 1.165) is 26.2 Å². The molecule has 0 saturated heterocycles. The van der Waals surface area contributed by atoms with E-state index in [2.05, 4.69) is 22.0 Å². The summed E-state index contributed by atoms with van der Waals surface area (Å²) >= 11 is 3.23. The maximum absolute atomic E-state index is 8.78. The largest absolute Gasteiger partial charge is 0.495 e. The fourth-order valence-corrected chi connectivity index (χ4v) is 3.32. The van der Waals surface area contributed by atoms with Crippen molar-refractivity contribution in [2.24, 2.45) is 0 Å². The van der Waals surface area contributed by atoms with Crippen LogP contribution in [0.5, 0.6) is 5.75 Å². The summed E-state index contributed by atoms with van der Waals surface area (Å²) in [7, 11) is 1.61. The molecule has 2 aromatic rings. The van der Waals surface area contributed by atoms with Crippen LogP contribution >= 0.6 is 23.1 Å². The van der Waals surface area contributed by atoms with E-state index in [1.165, 1.54) is 0 Å². The summed E-state index contributed by atoms with van der Waals surface area (Å²) < 4.78 is 6.21. The summed E-state index contributed by atoms with van der Waals surface area (Å²) in [5, 5.41) is 17.8. The van der Waals surface area contributed by atoms with Crippen molar-refractivity contribution in [2.75, 3.05) is 13.7 Å². The van der Waals surface area contributed by atoms with Crippen molar-refractivity contribution in [1.29, 1.82) is 0 Å². The van der Waals surface area contributed by atoms with E-state index in [1.54, 1.807) is 30.2 Å². The molecule has 0 aliphatic rings. The Morgan fingerprint density at radius 1 is 1.40 bits per heavy atom. The molecule has 0 aliphatic heterocycles. The highest BCUT2D eigenvalue weighted by Crippen LogP contribution is 2.27. The molecule has 0 unspecified atom stereocenters. The second-order valence-electron chi connectivity index (χ2n) is 3.87. The maximum Gasteiger partial charge on any atom is 0.174 e. The van der Waals surface area contributed by atoms with Gasteiger partial charge in [0.15, 0.2) is 4.34 Å². The van der Waals surface area contributed by atoms with Crippen molar-refractivity contribution in [1.82, 2.24) is 10.2 Å². The Morgan fingerprint density at radius 3 is 2.90 bits per heavy atom. The number of nitrogens with zero attached hydrogens (tertiary/aromatic N) is 2. The van der Waals surface area contributed by atoms with Crippen LogP contribution in [0.25, 0.3) is 0 Å². The molecule has 0 fully saturated rings. The van der Waals surface area contributed by atoms with Gasteiger partial charge in [-0.15, -0.1) is 10.2 Å². The molecule has 1 aromatic carbocycles. The van der Waals surface area contributed by atoms with Crippen molar-refractivity contribution in [3.8, 4) is 17.6 Å². The lowest BCUT2D eigenvalue weighted by molar-refractivity contribution is 0.350. The highest BCUT2D eigenvalue weighted by Gasteiger charge is 2.05. The lowest BCUT2D eigenvalue weighted by atomic mass is 10.1.